The van der Waals surface area contributed by atoms with Gasteiger partial charge in [-0.2, -0.15) is 8.42 Å². The van der Waals surface area contributed by atoms with Crippen LogP contribution in [0.1, 0.15) is 17.2 Å². The third-order valence-electron chi connectivity index (χ3n) is 3.56. The molecule has 0 radical (unpaired) electrons. The molecule has 0 fully saturated rings. The predicted octanol–water partition coefficient (Wildman–Crippen LogP) is 3.89. The van der Waals surface area contributed by atoms with Crippen molar-refractivity contribution in [2.45, 2.75) is 11.0 Å². The van der Waals surface area contributed by atoms with Crippen molar-refractivity contribution in [1.82, 2.24) is 0 Å². The van der Waals surface area contributed by atoms with Gasteiger partial charge in [0.25, 0.3) is 0 Å². The van der Waals surface area contributed by atoms with E-state index in [9.17, 15) is 13.5 Å². The summed E-state index contributed by atoms with van der Waals surface area (Å²) in [6, 6.07) is 23.9. The van der Waals surface area contributed by atoms with Crippen molar-refractivity contribution in [1.29, 1.82) is 0 Å². The lowest BCUT2D eigenvalue weighted by Crippen LogP contribution is -2.13. The summed E-state index contributed by atoms with van der Waals surface area (Å²) in [4.78, 5) is -0.248. The fourth-order valence-corrected chi connectivity index (χ4v) is 3.55. The zero-order valence-corrected chi connectivity index (χ0v) is 13.6. The monoisotopic (exact) mass is 340 g/mol. The summed E-state index contributed by atoms with van der Waals surface area (Å²) >= 11 is 0. The van der Waals surface area contributed by atoms with E-state index in [1.807, 2.05) is 36.4 Å². The Balaban J connectivity index is 2.03. The normalized spacial score (nSPS) is 11.5. The van der Waals surface area contributed by atoms with Crippen LogP contribution in [0.25, 0.3) is 0 Å². The Morgan fingerprint density at radius 2 is 1.17 bits per heavy atom. The van der Waals surface area contributed by atoms with Crippen molar-refractivity contribution in [3.05, 3.63) is 96.1 Å². The minimum absolute atomic E-state index is 0.248. The van der Waals surface area contributed by atoms with Crippen molar-refractivity contribution >= 4 is 10.1 Å². The highest BCUT2D eigenvalue weighted by Crippen LogP contribution is 2.32. The zero-order chi connectivity index (χ0) is 17.0. The summed E-state index contributed by atoms with van der Waals surface area (Å²) in [5, 5.41) is 9.84. The molecule has 0 saturated heterocycles. The molecule has 0 aliphatic rings. The molecule has 122 valence electrons. The first kappa shape index (κ1) is 16.2. The van der Waals surface area contributed by atoms with Crippen molar-refractivity contribution in [2.75, 3.05) is 0 Å². The Kier molecular flexibility index (Phi) is 4.64. The van der Waals surface area contributed by atoms with Crippen LogP contribution < -0.4 is 0 Å². The molecule has 0 saturated carbocycles. The Hall–Kier alpha value is -2.63. The van der Waals surface area contributed by atoms with Gasteiger partial charge in [0, 0.05) is 0 Å². The molecular formula is C19H16O4S. The second-order valence-electron chi connectivity index (χ2n) is 5.22. The van der Waals surface area contributed by atoms with Crippen LogP contribution in [-0.4, -0.2) is 13.5 Å². The molecule has 3 aromatic rings. The van der Waals surface area contributed by atoms with Gasteiger partial charge < -0.3 is 5.11 Å². The number of phenols is 1. The van der Waals surface area contributed by atoms with Crippen LogP contribution in [0, 0.1) is 0 Å². The molecule has 0 amide bonds. The van der Waals surface area contributed by atoms with E-state index in [4.69, 9.17) is 4.18 Å². The molecule has 0 atom stereocenters. The highest BCUT2D eigenvalue weighted by Gasteiger charge is 2.26. The van der Waals surface area contributed by atoms with Crippen LogP contribution in [0.4, 0.5) is 0 Å². The highest BCUT2D eigenvalue weighted by molar-refractivity contribution is 7.86. The lowest BCUT2D eigenvalue weighted by atomic mass is 10.0. The molecule has 5 heteroatoms. The Bertz CT molecular complexity index is 867. The Morgan fingerprint density at radius 3 is 1.67 bits per heavy atom. The standard InChI is InChI=1S/C19H16O4S/c20-17-13-7-8-14-18(17)24(21,22)23-19(15-9-3-1-4-10-15)16-11-5-2-6-12-16/h1-14,19-20H. The number of hydrogen-bond acceptors (Lipinski definition) is 4. The maximum Gasteiger partial charge on any atom is 0.301 e. The molecule has 1 N–H and O–H groups in total. The van der Waals surface area contributed by atoms with Gasteiger partial charge in [0.1, 0.15) is 16.7 Å². The molecule has 0 heterocycles. The van der Waals surface area contributed by atoms with Crippen LogP contribution in [0.3, 0.4) is 0 Å². The lowest BCUT2D eigenvalue weighted by Gasteiger charge is -2.19. The largest absolute Gasteiger partial charge is 0.506 e. The minimum Gasteiger partial charge on any atom is -0.506 e. The van der Waals surface area contributed by atoms with E-state index in [0.717, 1.165) is 0 Å². The van der Waals surface area contributed by atoms with Gasteiger partial charge in [-0.15, -0.1) is 0 Å². The second kappa shape index (κ2) is 6.86. The van der Waals surface area contributed by atoms with Crippen molar-refractivity contribution in [2.24, 2.45) is 0 Å². The van der Waals surface area contributed by atoms with Crippen LogP contribution in [-0.2, 0) is 14.3 Å². The second-order valence-corrected chi connectivity index (χ2v) is 6.76. The summed E-state index contributed by atoms with van der Waals surface area (Å²) in [5.74, 6) is -0.336. The topological polar surface area (TPSA) is 63.6 Å². The van der Waals surface area contributed by atoms with E-state index >= 15 is 0 Å². The van der Waals surface area contributed by atoms with Crippen LogP contribution >= 0.6 is 0 Å². The van der Waals surface area contributed by atoms with Gasteiger partial charge in [0.05, 0.1) is 0 Å². The molecule has 0 aromatic heterocycles. The number of para-hydroxylation sites is 1. The maximum absolute atomic E-state index is 12.6. The van der Waals surface area contributed by atoms with Crippen LogP contribution in [0.15, 0.2) is 89.8 Å². The van der Waals surface area contributed by atoms with Gasteiger partial charge in [0.2, 0.25) is 0 Å². The van der Waals surface area contributed by atoms with E-state index in [0.29, 0.717) is 11.1 Å². The third kappa shape index (κ3) is 3.48. The molecule has 24 heavy (non-hydrogen) atoms. The van der Waals surface area contributed by atoms with Crippen molar-refractivity contribution in [3.63, 3.8) is 0 Å². The average molecular weight is 340 g/mol. The molecule has 0 aliphatic heterocycles. The Labute approximate surface area is 141 Å². The molecule has 3 aromatic carbocycles. The predicted molar refractivity (Wildman–Crippen MR) is 91.1 cm³/mol. The number of hydrogen-bond donors (Lipinski definition) is 1. The van der Waals surface area contributed by atoms with E-state index in [-0.39, 0.29) is 10.6 Å². The summed E-state index contributed by atoms with van der Waals surface area (Å²) < 4.78 is 30.7. The van der Waals surface area contributed by atoms with E-state index in [1.165, 1.54) is 18.2 Å². The van der Waals surface area contributed by atoms with Gasteiger partial charge in [0.15, 0.2) is 0 Å². The molecular weight excluding hydrogens is 324 g/mol. The molecule has 0 unspecified atom stereocenters. The minimum atomic E-state index is -4.14. The zero-order valence-electron chi connectivity index (χ0n) is 12.7. The molecule has 4 nitrogen and oxygen atoms in total. The molecule has 0 aliphatic carbocycles. The Morgan fingerprint density at radius 1 is 0.708 bits per heavy atom. The fourth-order valence-electron chi connectivity index (χ4n) is 2.41. The lowest BCUT2D eigenvalue weighted by molar-refractivity contribution is 0.252. The first-order chi connectivity index (χ1) is 11.6. The van der Waals surface area contributed by atoms with Crippen LogP contribution in [0.2, 0.25) is 0 Å². The molecule has 0 spiro atoms. The summed E-state index contributed by atoms with van der Waals surface area (Å²) in [7, 11) is -4.14. The van der Waals surface area contributed by atoms with E-state index in [1.54, 1.807) is 30.3 Å². The number of rotatable bonds is 5. The number of phenolic OH excluding ortho intramolecular Hbond substituents is 1. The highest BCUT2D eigenvalue weighted by atomic mass is 32.2. The first-order valence-corrected chi connectivity index (χ1v) is 8.80. The molecule has 0 bridgehead atoms. The van der Waals surface area contributed by atoms with E-state index < -0.39 is 16.2 Å². The third-order valence-corrected chi connectivity index (χ3v) is 4.89. The number of benzene rings is 3. The van der Waals surface area contributed by atoms with Crippen molar-refractivity contribution < 1.29 is 17.7 Å². The summed E-state index contributed by atoms with van der Waals surface area (Å²) in [6.07, 6.45) is -0.794. The van der Waals surface area contributed by atoms with Gasteiger partial charge in [-0.05, 0) is 23.3 Å². The van der Waals surface area contributed by atoms with Crippen molar-refractivity contribution in [3.8, 4) is 5.75 Å². The fraction of sp³-hybridized carbons (Fsp3) is 0.0526. The molecule has 3 rings (SSSR count). The smallest absolute Gasteiger partial charge is 0.301 e. The maximum atomic E-state index is 12.6. The summed E-state index contributed by atoms with van der Waals surface area (Å²) in [5.41, 5.74) is 1.42. The van der Waals surface area contributed by atoms with Gasteiger partial charge >= 0.3 is 10.1 Å². The SMILES string of the molecule is O=S(=O)(OC(c1ccccc1)c1ccccc1)c1ccccc1O. The van der Waals surface area contributed by atoms with Gasteiger partial charge in [-0.25, -0.2) is 0 Å². The van der Waals surface area contributed by atoms with E-state index in [2.05, 4.69) is 0 Å². The summed E-state index contributed by atoms with van der Waals surface area (Å²) in [6.45, 7) is 0. The first-order valence-electron chi connectivity index (χ1n) is 7.39. The van der Waals surface area contributed by atoms with Crippen LogP contribution in [0.5, 0.6) is 5.75 Å². The van der Waals surface area contributed by atoms with Gasteiger partial charge in [-0.1, -0.05) is 72.8 Å². The van der Waals surface area contributed by atoms with Gasteiger partial charge in [-0.3, -0.25) is 4.18 Å². The quantitative estimate of drug-likeness (QED) is 0.716. The number of aromatic hydroxyl groups is 1. The average Bonchev–Trinajstić information content (AvgIpc) is 2.61.